The summed E-state index contributed by atoms with van der Waals surface area (Å²) in [6, 6.07) is 2.33. The van der Waals surface area contributed by atoms with Crippen LogP contribution in [-0.4, -0.2) is 47.0 Å². The highest BCUT2D eigenvalue weighted by Gasteiger charge is 2.39. The molecular weight excluding hydrogens is 408 g/mol. The highest BCUT2D eigenvalue weighted by molar-refractivity contribution is 5.69. The smallest absolute Gasteiger partial charge is 0.404 e. The molecule has 4 heterocycles. The fraction of sp³-hybridized carbons (Fsp3) is 0.455. The van der Waals surface area contributed by atoms with Gasteiger partial charge in [0.15, 0.2) is 17.5 Å². The third-order valence-corrected chi connectivity index (χ3v) is 6.40. The Morgan fingerprint density at radius 3 is 2.81 bits per heavy atom. The Morgan fingerprint density at radius 2 is 2.06 bits per heavy atom. The van der Waals surface area contributed by atoms with Crippen molar-refractivity contribution in [3.8, 4) is 17.1 Å². The molecule has 10 nitrogen and oxygen atoms in total. The van der Waals surface area contributed by atoms with Crippen LogP contribution < -0.4 is 10.2 Å². The summed E-state index contributed by atoms with van der Waals surface area (Å²) < 4.78 is 2.07. The Bertz CT molecular complexity index is 1150. The standard InChI is InChI=1S/C22H26N8O2/c1-3-17-21-28-27-13(2)29(21)18-12-24-19(26-20(18)30(17)15-6-4-5-7-15)16-8-9-23-10-14(16)11-25-22(31)32/h8-10,12,15,17,25H,3-7,11H2,1-2H3,(H,31,32). The van der Waals surface area contributed by atoms with Crippen molar-refractivity contribution in [3.63, 3.8) is 0 Å². The Kier molecular flexibility index (Phi) is 5.20. The van der Waals surface area contributed by atoms with E-state index in [1.54, 1.807) is 12.4 Å². The molecule has 1 aliphatic carbocycles. The van der Waals surface area contributed by atoms with E-state index in [0.717, 1.165) is 53.5 Å². The molecule has 1 unspecified atom stereocenters. The number of pyridine rings is 1. The van der Waals surface area contributed by atoms with Gasteiger partial charge in [0.2, 0.25) is 0 Å². The number of amides is 1. The molecule has 0 saturated heterocycles. The second-order valence-corrected chi connectivity index (χ2v) is 8.30. The van der Waals surface area contributed by atoms with Crippen molar-refractivity contribution in [2.24, 2.45) is 0 Å². The van der Waals surface area contributed by atoms with Crippen LogP contribution in [0.25, 0.3) is 17.1 Å². The first-order chi connectivity index (χ1) is 15.6. The first kappa shape index (κ1) is 20.3. The van der Waals surface area contributed by atoms with Crippen molar-refractivity contribution >= 4 is 11.9 Å². The fourth-order valence-corrected chi connectivity index (χ4v) is 4.95. The van der Waals surface area contributed by atoms with Gasteiger partial charge in [0, 0.05) is 36.1 Å². The molecule has 1 amide bonds. The second-order valence-electron chi connectivity index (χ2n) is 8.30. The second kappa shape index (κ2) is 8.18. The number of rotatable bonds is 5. The van der Waals surface area contributed by atoms with Crippen LogP contribution in [0.15, 0.2) is 24.7 Å². The molecule has 2 N–H and O–H groups in total. The topological polar surface area (TPSA) is 122 Å². The molecule has 2 aliphatic rings. The highest BCUT2D eigenvalue weighted by atomic mass is 16.4. The summed E-state index contributed by atoms with van der Waals surface area (Å²) in [5.41, 5.74) is 2.38. The van der Waals surface area contributed by atoms with E-state index in [1.165, 1.54) is 12.8 Å². The number of anilines is 1. The van der Waals surface area contributed by atoms with Crippen molar-refractivity contribution in [1.82, 2.24) is 35.0 Å². The molecule has 5 rings (SSSR count). The average molecular weight is 435 g/mol. The monoisotopic (exact) mass is 434 g/mol. The van der Waals surface area contributed by atoms with E-state index in [0.29, 0.717) is 11.9 Å². The van der Waals surface area contributed by atoms with Crippen LogP contribution in [0.2, 0.25) is 0 Å². The lowest BCUT2D eigenvalue weighted by Crippen LogP contribution is -2.42. The van der Waals surface area contributed by atoms with Gasteiger partial charge in [0.05, 0.1) is 12.2 Å². The Balaban J connectivity index is 1.65. The van der Waals surface area contributed by atoms with Crippen molar-refractivity contribution in [1.29, 1.82) is 0 Å². The zero-order valence-corrected chi connectivity index (χ0v) is 18.2. The molecule has 10 heteroatoms. The predicted octanol–water partition coefficient (Wildman–Crippen LogP) is 3.41. The molecule has 1 aliphatic heterocycles. The Morgan fingerprint density at radius 1 is 1.25 bits per heavy atom. The van der Waals surface area contributed by atoms with Gasteiger partial charge in [-0.2, -0.15) is 0 Å². The summed E-state index contributed by atoms with van der Waals surface area (Å²) in [5.74, 6) is 3.20. The number of nitrogens with one attached hydrogen (secondary N) is 1. The number of nitrogens with zero attached hydrogens (tertiary/aromatic N) is 7. The zero-order valence-electron chi connectivity index (χ0n) is 18.2. The molecule has 1 atom stereocenters. The molecule has 1 fully saturated rings. The van der Waals surface area contributed by atoms with Crippen LogP contribution in [0.5, 0.6) is 0 Å². The van der Waals surface area contributed by atoms with E-state index in [9.17, 15) is 4.79 Å². The number of aryl methyl sites for hydroxylation is 1. The van der Waals surface area contributed by atoms with Gasteiger partial charge in [-0.3, -0.25) is 9.55 Å². The molecule has 0 radical (unpaired) electrons. The normalized spacial score (nSPS) is 17.8. The summed E-state index contributed by atoms with van der Waals surface area (Å²) in [6.45, 7) is 4.26. The van der Waals surface area contributed by atoms with Crippen LogP contribution in [0.3, 0.4) is 0 Å². The molecular formula is C22H26N8O2. The van der Waals surface area contributed by atoms with Gasteiger partial charge in [-0.25, -0.2) is 14.8 Å². The molecule has 0 spiro atoms. The van der Waals surface area contributed by atoms with Crippen LogP contribution in [0.4, 0.5) is 10.6 Å². The van der Waals surface area contributed by atoms with E-state index in [2.05, 4.69) is 41.9 Å². The van der Waals surface area contributed by atoms with Crippen LogP contribution in [0.1, 0.15) is 62.3 Å². The summed E-state index contributed by atoms with van der Waals surface area (Å²) in [7, 11) is 0. The highest BCUT2D eigenvalue weighted by Crippen LogP contribution is 2.43. The number of hydrogen-bond donors (Lipinski definition) is 2. The van der Waals surface area contributed by atoms with Crippen LogP contribution in [0, 0.1) is 6.92 Å². The van der Waals surface area contributed by atoms with Crippen LogP contribution >= 0.6 is 0 Å². The summed E-state index contributed by atoms with van der Waals surface area (Å²) in [4.78, 5) is 27.3. The van der Waals surface area contributed by atoms with Gasteiger partial charge in [0.1, 0.15) is 11.5 Å². The van der Waals surface area contributed by atoms with Gasteiger partial charge in [-0.15, -0.1) is 10.2 Å². The number of carbonyl (C=O) groups is 1. The maximum Gasteiger partial charge on any atom is 0.404 e. The molecule has 32 heavy (non-hydrogen) atoms. The first-order valence-corrected chi connectivity index (χ1v) is 11.1. The SMILES string of the molecule is CCC1c2nnc(C)n2-c2cnc(-c3ccncc3CNC(=O)O)nc2N1C1CCCC1. The maximum absolute atomic E-state index is 11.0. The van der Waals surface area contributed by atoms with Crippen molar-refractivity contribution in [2.45, 2.75) is 64.6 Å². The number of fused-ring (bicyclic) bond motifs is 3. The molecule has 0 bridgehead atoms. The molecule has 0 aromatic carbocycles. The van der Waals surface area contributed by atoms with E-state index in [-0.39, 0.29) is 12.6 Å². The van der Waals surface area contributed by atoms with Crippen molar-refractivity contribution < 1.29 is 9.90 Å². The molecule has 166 valence electrons. The van der Waals surface area contributed by atoms with Crippen molar-refractivity contribution in [3.05, 3.63) is 41.9 Å². The average Bonchev–Trinajstić information content (AvgIpc) is 3.47. The number of carboxylic acid groups (broad SMARTS) is 1. The third-order valence-electron chi connectivity index (χ3n) is 6.40. The summed E-state index contributed by atoms with van der Waals surface area (Å²) >= 11 is 0. The lowest BCUT2D eigenvalue weighted by molar-refractivity contribution is 0.194. The molecule has 3 aromatic heterocycles. The minimum absolute atomic E-state index is 0.0973. The van der Waals surface area contributed by atoms with Gasteiger partial charge in [0.25, 0.3) is 0 Å². The van der Waals surface area contributed by atoms with E-state index in [1.807, 2.05) is 19.2 Å². The number of aromatic nitrogens is 6. The van der Waals surface area contributed by atoms with Gasteiger partial charge in [-0.1, -0.05) is 19.8 Å². The predicted molar refractivity (Wildman–Crippen MR) is 118 cm³/mol. The minimum atomic E-state index is -1.08. The van der Waals surface area contributed by atoms with Gasteiger partial charge >= 0.3 is 6.09 Å². The molecule has 1 saturated carbocycles. The third kappa shape index (κ3) is 3.35. The zero-order chi connectivity index (χ0) is 22.2. The Hall–Kier alpha value is -3.56. The summed E-state index contributed by atoms with van der Waals surface area (Å²) in [5, 5.41) is 20.3. The van der Waals surface area contributed by atoms with E-state index < -0.39 is 6.09 Å². The maximum atomic E-state index is 11.0. The van der Waals surface area contributed by atoms with Crippen LogP contribution in [-0.2, 0) is 6.54 Å². The van der Waals surface area contributed by atoms with Crippen molar-refractivity contribution in [2.75, 3.05) is 4.90 Å². The van der Waals surface area contributed by atoms with E-state index >= 15 is 0 Å². The fourth-order valence-electron chi connectivity index (χ4n) is 4.95. The van der Waals surface area contributed by atoms with E-state index in [4.69, 9.17) is 10.1 Å². The Labute approximate surface area is 185 Å². The van der Waals surface area contributed by atoms with Gasteiger partial charge in [-0.05, 0) is 32.3 Å². The first-order valence-electron chi connectivity index (χ1n) is 11.1. The number of hydrogen-bond acceptors (Lipinski definition) is 7. The van der Waals surface area contributed by atoms with Gasteiger partial charge < -0.3 is 15.3 Å². The summed E-state index contributed by atoms with van der Waals surface area (Å²) in [6.07, 6.45) is 9.67. The lowest BCUT2D eigenvalue weighted by atomic mass is 10.0. The minimum Gasteiger partial charge on any atom is -0.465 e. The largest absolute Gasteiger partial charge is 0.465 e. The lowest BCUT2D eigenvalue weighted by Gasteiger charge is -2.41. The molecule has 3 aromatic rings. The quantitative estimate of drug-likeness (QED) is 0.626.